The van der Waals surface area contributed by atoms with E-state index in [1.54, 1.807) is 18.2 Å². The Morgan fingerprint density at radius 1 is 1.07 bits per heavy atom. The molecule has 0 aliphatic carbocycles. The summed E-state index contributed by atoms with van der Waals surface area (Å²) < 4.78 is 7.80. The van der Waals surface area contributed by atoms with Gasteiger partial charge in [-0.3, -0.25) is 0 Å². The molecule has 2 aromatic rings. The quantitative estimate of drug-likeness (QED) is 0.894. The minimum absolute atomic E-state index is 0.339. The molecule has 78 valence electrons. The van der Waals surface area contributed by atoms with E-state index in [-0.39, 0.29) is 0 Å². The van der Waals surface area contributed by atoms with Gasteiger partial charge in [-0.1, -0.05) is 34.8 Å². The van der Waals surface area contributed by atoms with Crippen molar-refractivity contribution < 1.29 is 0 Å². The van der Waals surface area contributed by atoms with Crippen molar-refractivity contribution in [1.82, 2.24) is 8.75 Å². The van der Waals surface area contributed by atoms with Crippen LogP contribution in [0.1, 0.15) is 0 Å². The molecular formula is C8H4Cl3N3S. The molecular weight excluding hydrogens is 277 g/mol. The standard InChI is InChI=1S/C8H4Cl3N3S/c9-5-2-1-4(3-6(5)10)12-8-7(11)13-15-14-8/h1-3H,(H,12,14). The molecule has 0 saturated heterocycles. The van der Waals surface area contributed by atoms with Crippen LogP contribution in [-0.2, 0) is 0 Å². The van der Waals surface area contributed by atoms with E-state index in [1.165, 1.54) is 0 Å². The number of hydrogen-bond donors (Lipinski definition) is 1. The first-order chi connectivity index (χ1) is 7.16. The van der Waals surface area contributed by atoms with Crippen LogP contribution < -0.4 is 5.32 Å². The van der Waals surface area contributed by atoms with Crippen molar-refractivity contribution >= 4 is 58.0 Å². The molecule has 0 spiro atoms. The zero-order valence-electron chi connectivity index (χ0n) is 7.17. The van der Waals surface area contributed by atoms with Crippen molar-refractivity contribution in [3.05, 3.63) is 33.4 Å². The molecule has 15 heavy (non-hydrogen) atoms. The lowest BCUT2D eigenvalue weighted by atomic mass is 10.3. The molecule has 0 bridgehead atoms. The molecule has 0 radical (unpaired) electrons. The van der Waals surface area contributed by atoms with Crippen LogP contribution in [0.15, 0.2) is 18.2 Å². The normalized spacial score (nSPS) is 10.3. The van der Waals surface area contributed by atoms with Crippen molar-refractivity contribution in [2.75, 3.05) is 5.32 Å². The average Bonchev–Trinajstić information content (AvgIpc) is 2.59. The summed E-state index contributed by atoms with van der Waals surface area (Å²) in [4.78, 5) is 0. The smallest absolute Gasteiger partial charge is 0.187 e. The van der Waals surface area contributed by atoms with Gasteiger partial charge < -0.3 is 5.32 Å². The third kappa shape index (κ3) is 2.52. The maximum absolute atomic E-state index is 5.86. The van der Waals surface area contributed by atoms with Crippen LogP contribution in [0.4, 0.5) is 11.5 Å². The molecule has 0 aliphatic rings. The van der Waals surface area contributed by atoms with Crippen LogP contribution in [0.3, 0.4) is 0 Å². The van der Waals surface area contributed by atoms with Crippen LogP contribution in [0, 0.1) is 0 Å². The molecule has 0 amide bonds. The predicted octanol–water partition coefficient (Wildman–Crippen LogP) is 4.24. The second kappa shape index (κ2) is 4.53. The molecule has 1 aromatic heterocycles. The second-order valence-corrected chi connectivity index (χ2v) is 4.36. The number of aromatic nitrogens is 2. The zero-order chi connectivity index (χ0) is 10.8. The van der Waals surface area contributed by atoms with E-state index in [4.69, 9.17) is 34.8 Å². The lowest BCUT2D eigenvalue weighted by Gasteiger charge is -2.03. The van der Waals surface area contributed by atoms with Gasteiger partial charge in [-0.05, 0) is 18.2 Å². The maximum atomic E-state index is 5.86. The number of halogens is 3. The summed E-state index contributed by atoms with van der Waals surface area (Å²) in [5, 5.41) is 4.30. The van der Waals surface area contributed by atoms with Gasteiger partial charge in [0.05, 0.1) is 21.8 Å². The Labute approximate surface area is 105 Å². The van der Waals surface area contributed by atoms with E-state index in [1.807, 2.05) is 0 Å². The highest BCUT2D eigenvalue weighted by Crippen LogP contribution is 2.28. The monoisotopic (exact) mass is 279 g/mol. The Morgan fingerprint density at radius 2 is 1.87 bits per heavy atom. The minimum atomic E-state index is 0.339. The van der Waals surface area contributed by atoms with Gasteiger partial charge in [-0.2, -0.15) is 8.75 Å². The molecule has 0 saturated carbocycles. The lowest BCUT2D eigenvalue weighted by Crippen LogP contribution is -1.90. The fourth-order valence-electron chi connectivity index (χ4n) is 0.963. The van der Waals surface area contributed by atoms with E-state index >= 15 is 0 Å². The van der Waals surface area contributed by atoms with Crippen molar-refractivity contribution in [3.63, 3.8) is 0 Å². The summed E-state index contributed by atoms with van der Waals surface area (Å²) in [6.07, 6.45) is 0. The highest BCUT2D eigenvalue weighted by Gasteiger charge is 2.06. The Morgan fingerprint density at radius 3 is 2.47 bits per heavy atom. The number of benzene rings is 1. The molecule has 1 aromatic carbocycles. The molecule has 1 N–H and O–H groups in total. The summed E-state index contributed by atoms with van der Waals surface area (Å²) in [7, 11) is 0. The van der Waals surface area contributed by atoms with Gasteiger partial charge in [0.15, 0.2) is 11.0 Å². The van der Waals surface area contributed by atoms with Crippen LogP contribution in [0.5, 0.6) is 0 Å². The molecule has 3 nitrogen and oxygen atoms in total. The van der Waals surface area contributed by atoms with Gasteiger partial charge in [0, 0.05) is 5.69 Å². The van der Waals surface area contributed by atoms with E-state index in [2.05, 4.69) is 14.1 Å². The summed E-state index contributed by atoms with van der Waals surface area (Å²) in [6, 6.07) is 5.17. The molecule has 7 heteroatoms. The molecule has 0 aliphatic heterocycles. The summed E-state index contributed by atoms with van der Waals surface area (Å²) in [5.41, 5.74) is 0.763. The molecule has 1 heterocycles. The fourth-order valence-corrected chi connectivity index (χ4v) is 1.91. The Kier molecular flexibility index (Phi) is 3.31. The summed E-state index contributed by atoms with van der Waals surface area (Å²) in [5.74, 6) is 0.514. The van der Waals surface area contributed by atoms with Crippen molar-refractivity contribution in [2.45, 2.75) is 0 Å². The maximum Gasteiger partial charge on any atom is 0.187 e. The second-order valence-electron chi connectivity index (χ2n) is 2.66. The van der Waals surface area contributed by atoms with Gasteiger partial charge in [0.1, 0.15) is 0 Å². The van der Waals surface area contributed by atoms with Crippen LogP contribution in [0.2, 0.25) is 15.2 Å². The van der Waals surface area contributed by atoms with E-state index in [9.17, 15) is 0 Å². The van der Waals surface area contributed by atoms with Gasteiger partial charge in [-0.15, -0.1) is 0 Å². The average molecular weight is 281 g/mol. The number of hydrogen-bond acceptors (Lipinski definition) is 4. The van der Waals surface area contributed by atoms with Gasteiger partial charge in [0.25, 0.3) is 0 Å². The minimum Gasteiger partial charge on any atom is -0.337 e. The number of nitrogens with one attached hydrogen (secondary N) is 1. The topological polar surface area (TPSA) is 37.8 Å². The van der Waals surface area contributed by atoms with E-state index in [0.29, 0.717) is 21.0 Å². The highest BCUT2D eigenvalue weighted by molar-refractivity contribution is 6.99. The van der Waals surface area contributed by atoms with E-state index < -0.39 is 0 Å². The molecule has 0 unspecified atom stereocenters. The Balaban J connectivity index is 2.25. The van der Waals surface area contributed by atoms with Crippen molar-refractivity contribution in [1.29, 1.82) is 0 Å². The zero-order valence-corrected chi connectivity index (χ0v) is 10.3. The number of rotatable bonds is 2. The Bertz CT molecular complexity index is 486. The Hall–Kier alpha value is -0.550. The molecule has 0 atom stereocenters. The lowest BCUT2D eigenvalue weighted by molar-refractivity contribution is 1.45. The van der Waals surface area contributed by atoms with Crippen molar-refractivity contribution in [3.8, 4) is 0 Å². The van der Waals surface area contributed by atoms with Gasteiger partial charge >= 0.3 is 0 Å². The largest absolute Gasteiger partial charge is 0.337 e. The van der Waals surface area contributed by atoms with Gasteiger partial charge in [-0.25, -0.2) is 0 Å². The first kappa shape index (κ1) is 11.0. The third-order valence-corrected chi connectivity index (χ3v) is 3.26. The first-order valence-electron chi connectivity index (χ1n) is 3.87. The summed E-state index contributed by atoms with van der Waals surface area (Å²) >= 11 is 18.5. The number of anilines is 2. The highest BCUT2D eigenvalue weighted by atomic mass is 35.5. The van der Waals surface area contributed by atoms with E-state index in [0.717, 1.165) is 17.4 Å². The predicted molar refractivity (Wildman–Crippen MR) is 64.7 cm³/mol. The number of nitrogens with zero attached hydrogens (tertiary/aromatic N) is 2. The van der Waals surface area contributed by atoms with Crippen molar-refractivity contribution in [2.24, 2.45) is 0 Å². The first-order valence-corrected chi connectivity index (χ1v) is 5.73. The third-order valence-electron chi connectivity index (χ3n) is 1.63. The van der Waals surface area contributed by atoms with Crippen LogP contribution in [-0.4, -0.2) is 8.75 Å². The SMILES string of the molecule is Clc1ccc(Nc2nsnc2Cl)cc1Cl. The van der Waals surface area contributed by atoms with Gasteiger partial charge in [0.2, 0.25) is 0 Å². The molecule has 2 rings (SSSR count). The van der Waals surface area contributed by atoms with Crippen LogP contribution >= 0.6 is 46.5 Å². The summed E-state index contributed by atoms with van der Waals surface area (Å²) in [6.45, 7) is 0. The van der Waals surface area contributed by atoms with Crippen LogP contribution in [0.25, 0.3) is 0 Å². The fraction of sp³-hybridized carbons (Fsp3) is 0. The molecule has 0 fully saturated rings.